The Morgan fingerprint density at radius 3 is 2.60 bits per heavy atom. The Hall–Kier alpha value is -1.92. The first kappa shape index (κ1) is 9.63. The number of nitrogens with one attached hydrogen (secondary N) is 1. The van der Waals surface area contributed by atoms with Gasteiger partial charge in [-0.2, -0.15) is 0 Å². The summed E-state index contributed by atoms with van der Waals surface area (Å²) >= 11 is 0. The van der Waals surface area contributed by atoms with E-state index in [2.05, 4.69) is 25.4 Å². The molecule has 0 bridgehead atoms. The van der Waals surface area contributed by atoms with Gasteiger partial charge in [-0.25, -0.2) is 15.4 Å². The molecule has 2 aromatic rings. The van der Waals surface area contributed by atoms with Crippen molar-refractivity contribution >= 4 is 0 Å². The van der Waals surface area contributed by atoms with Crippen LogP contribution >= 0.6 is 0 Å². The predicted molar refractivity (Wildman–Crippen MR) is 53.2 cm³/mol. The zero-order chi connectivity index (χ0) is 10.5. The highest BCUT2D eigenvalue weighted by Gasteiger charge is 2.14. The SMILES string of the molecule is NNC(c1ccncn1)c1cnccn1. The number of aromatic nitrogens is 4. The number of rotatable bonds is 3. The van der Waals surface area contributed by atoms with Gasteiger partial charge < -0.3 is 0 Å². The molecule has 3 N–H and O–H groups in total. The Morgan fingerprint density at radius 2 is 2.00 bits per heavy atom. The van der Waals surface area contributed by atoms with Crippen molar-refractivity contribution in [1.29, 1.82) is 0 Å². The Kier molecular flexibility index (Phi) is 2.91. The van der Waals surface area contributed by atoms with Crippen molar-refractivity contribution in [2.45, 2.75) is 6.04 Å². The quantitative estimate of drug-likeness (QED) is 0.530. The topological polar surface area (TPSA) is 89.6 Å². The lowest BCUT2D eigenvalue weighted by Crippen LogP contribution is -2.30. The lowest BCUT2D eigenvalue weighted by atomic mass is 10.1. The number of nitrogens with zero attached hydrogens (tertiary/aromatic N) is 4. The first-order valence-corrected chi connectivity index (χ1v) is 4.40. The van der Waals surface area contributed by atoms with Crippen LogP contribution in [0.25, 0.3) is 0 Å². The molecule has 1 atom stereocenters. The van der Waals surface area contributed by atoms with Crippen LogP contribution in [0.15, 0.2) is 37.2 Å². The monoisotopic (exact) mass is 202 g/mol. The standard InChI is InChI=1S/C9H10N6/c10-15-9(7-1-2-12-6-14-7)8-5-11-3-4-13-8/h1-6,9,15H,10H2. The van der Waals surface area contributed by atoms with Crippen LogP contribution in [-0.4, -0.2) is 19.9 Å². The number of hydrazine groups is 1. The number of hydrogen-bond donors (Lipinski definition) is 2. The fourth-order valence-electron chi connectivity index (χ4n) is 1.25. The third-order valence-electron chi connectivity index (χ3n) is 1.95. The summed E-state index contributed by atoms with van der Waals surface area (Å²) in [4.78, 5) is 16.1. The van der Waals surface area contributed by atoms with E-state index in [1.807, 2.05) is 0 Å². The third-order valence-corrected chi connectivity index (χ3v) is 1.95. The van der Waals surface area contributed by atoms with Gasteiger partial charge in [0.05, 0.1) is 17.6 Å². The molecule has 2 aromatic heterocycles. The van der Waals surface area contributed by atoms with Gasteiger partial charge in [-0.3, -0.25) is 15.8 Å². The molecule has 15 heavy (non-hydrogen) atoms. The van der Waals surface area contributed by atoms with Crippen LogP contribution in [0.3, 0.4) is 0 Å². The molecule has 0 saturated heterocycles. The highest BCUT2D eigenvalue weighted by atomic mass is 15.2. The van der Waals surface area contributed by atoms with E-state index in [0.29, 0.717) is 0 Å². The van der Waals surface area contributed by atoms with Crippen LogP contribution in [0.4, 0.5) is 0 Å². The van der Waals surface area contributed by atoms with Gasteiger partial charge in [-0.05, 0) is 6.07 Å². The summed E-state index contributed by atoms with van der Waals surface area (Å²) in [6.07, 6.45) is 7.99. The van der Waals surface area contributed by atoms with E-state index >= 15 is 0 Å². The second-order valence-corrected chi connectivity index (χ2v) is 2.86. The second-order valence-electron chi connectivity index (χ2n) is 2.86. The summed E-state index contributed by atoms with van der Waals surface area (Å²) < 4.78 is 0. The maximum Gasteiger partial charge on any atom is 0.115 e. The average Bonchev–Trinajstić information content (AvgIpc) is 2.33. The van der Waals surface area contributed by atoms with E-state index < -0.39 is 0 Å². The van der Waals surface area contributed by atoms with Crippen molar-refractivity contribution in [3.05, 3.63) is 48.6 Å². The molecular formula is C9H10N6. The Labute approximate surface area is 86.6 Å². The largest absolute Gasteiger partial charge is 0.270 e. The van der Waals surface area contributed by atoms with Gasteiger partial charge in [0, 0.05) is 18.6 Å². The molecule has 0 aromatic carbocycles. The Morgan fingerprint density at radius 1 is 1.07 bits per heavy atom. The molecule has 0 radical (unpaired) electrons. The Balaban J connectivity index is 2.34. The summed E-state index contributed by atoms with van der Waals surface area (Å²) in [6.45, 7) is 0. The van der Waals surface area contributed by atoms with Gasteiger partial charge in [-0.1, -0.05) is 0 Å². The maximum atomic E-state index is 5.46. The number of nitrogens with two attached hydrogens (primary N) is 1. The summed E-state index contributed by atoms with van der Waals surface area (Å²) in [5.41, 5.74) is 4.12. The van der Waals surface area contributed by atoms with Gasteiger partial charge in [0.2, 0.25) is 0 Å². The molecule has 0 saturated carbocycles. The highest BCUT2D eigenvalue weighted by Crippen LogP contribution is 2.14. The van der Waals surface area contributed by atoms with Crippen molar-refractivity contribution in [2.75, 3.05) is 0 Å². The zero-order valence-electron chi connectivity index (χ0n) is 7.91. The van der Waals surface area contributed by atoms with E-state index in [9.17, 15) is 0 Å². The molecule has 76 valence electrons. The summed E-state index contributed by atoms with van der Waals surface area (Å²) in [6, 6.07) is 1.51. The van der Waals surface area contributed by atoms with Crippen LogP contribution in [0.2, 0.25) is 0 Å². The molecule has 0 amide bonds. The van der Waals surface area contributed by atoms with Gasteiger partial charge in [0.15, 0.2) is 0 Å². The minimum Gasteiger partial charge on any atom is -0.270 e. The molecule has 6 nitrogen and oxygen atoms in total. The van der Waals surface area contributed by atoms with E-state index in [-0.39, 0.29) is 6.04 Å². The molecule has 0 fully saturated rings. The highest BCUT2D eigenvalue weighted by molar-refractivity contribution is 5.17. The third kappa shape index (κ3) is 2.12. The number of hydrogen-bond acceptors (Lipinski definition) is 6. The molecule has 0 aliphatic heterocycles. The molecule has 0 aliphatic carbocycles. The van der Waals surface area contributed by atoms with E-state index in [0.717, 1.165) is 11.4 Å². The normalized spacial score (nSPS) is 12.3. The smallest absolute Gasteiger partial charge is 0.115 e. The molecule has 0 aliphatic rings. The van der Waals surface area contributed by atoms with Crippen LogP contribution in [0, 0.1) is 0 Å². The summed E-state index contributed by atoms with van der Waals surface area (Å²) in [5.74, 6) is 5.46. The van der Waals surface area contributed by atoms with E-state index in [1.54, 1.807) is 30.9 Å². The lowest BCUT2D eigenvalue weighted by molar-refractivity contribution is 0.601. The van der Waals surface area contributed by atoms with Crippen molar-refractivity contribution in [1.82, 2.24) is 25.4 Å². The summed E-state index contributed by atoms with van der Waals surface area (Å²) in [7, 11) is 0. The lowest BCUT2D eigenvalue weighted by Gasteiger charge is -2.13. The average molecular weight is 202 g/mol. The second kappa shape index (κ2) is 4.54. The fraction of sp³-hybridized carbons (Fsp3) is 0.111. The molecule has 0 spiro atoms. The van der Waals surface area contributed by atoms with Gasteiger partial charge in [-0.15, -0.1) is 0 Å². The minimum atomic E-state index is -0.262. The van der Waals surface area contributed by atoms with Crippen molar-refractivity contribution < 1.29 is 0 Å². The molecule has 6 heteroatoms. The fourth-order valence-corrected chi connectivity index (χ4v) is 1.25. The van der Waals surface area contributed by atoms with Gasteiger partial charge >= 0.3 is 0 Å². The van der Waals surface area contributed by atoms with Crippen molar-refractivity contribution in [2.24, 2.45) is 5.84 Å². The Bertz CT molecular complexity index is 364. The predicted octanol–water partition coefficient (Wildman–Crippen LogP) is -0.181. The first-order chi connectivity index (χ1) is 7.42. The van der Waals surface area contributed by atoms with Crippen molar-refractivity contribution in [3.8, 4) is 0 Å². The van der Waals surface area contributed by atoms with Crippen LogP contribution in [0.5, 0.6) is 0 Å². The maximum absolute atomic E-state index is 5.46. The zero-order valence-corrected chi connectivity index (χ0v) is 7.91. The first-order valence-electron chi connectivity index (χ1n) is 4.40. The molecule has 1 unspecified atom stereocenters. The van der Waals surface area contributed by atoms with E-state index in [4.69, 9.17) is 5.84 Å². The van der Waals surface area contributed by atoms with Crippen molar-refractivity contribution in [3.63, 3.8) is 0 Å². The van der Waals surface area contributed by atoms with Crippen LogP contribution < -0.4 is 11.3 Å². The summed E-state index contributed by atoms with van der Waals surface area (Å²) in [5, 5.41) is 0. The van der Waals surface area contributed by atoms with Gasteiger partial charge in [0.25, 0.3) is 0 Å². The minimum absolute atomic E-state index is 0.262. The molecule has 2 rings (SSSR count). The van der Waals surface area contributed by atoms with E-state index in [1.165, 1.54) is 6.33 Å². The van der Waals surface area contributed by atoms with Crippen LogP contribution in [-0.2, 0) is 0 Å². The van der Waals surface area contributed by atoms with Gasteiger partial charge in [0.1, 0.15) is 12.4 Å². The molecular weight excluding hydrogens is 192 g/mol. The van der Waals surface area contributed by atoms with Crippen LogP contribution in [0.1, 0.15) is 17.4 Å². The molecule has 2 heterocycles.